The van der Waals surface area contributed by atoms with Crippen LogP contribution in [0.2, 0.25) is 0 Å². The average Bonchev–Trinajstić information content (AvgIpc) is 3.64. The average molecular weight is 409 g/mol. The van der Waals surface area contributed by atoms with Crippen molar-refractivity contribution in [3.63, 3.8) is 0 Å². The van der Waals surface area contributed by atoms with Gasteiger partial charge in [-0.25, -0.2) is 0 Å². The smallest absolute Gasteiger partial charge is 0.309 e. The Bertz CT molecular complexity index is 516. The number of carbonyl (C=O) groups excluding carboxylic acids is 2. The summed E-state index contributed by atoms with van der Waals surface area (Å²) >= 11 is 0. The zero-order chi connectivity index (χ0) is 20.1. The van der Waals surface area contributed by atoms with E-state index in [2.05, 4.69) is 0 Å². The lowest BCUT2D eigenvalue weighted by Gasteiger charge is -2.17. The van der Waals surface area contributed by atoms with Gasteiger partial charge in [-0.05, 0) is 51.4 Å². The number of epoxide rings is 2. The van der Waals surface area contributed by atoms with E-state index in [-0.39, 0.29) is 23.8 Å². The summed E-state index contributed by atoms with van der Waals surface area (Å²) in [5.41, 5.74) is 0. The van der Waals surface area contributed by atoms with E-state index < -0.39 is 0 Å². The monoisotopic (exact) mass is 408 g/mol. The highest BCUT2D eigenvalue weighted by Crippen LogP contribution is 2.40. The Balaban J connectivity index is 0.910. The summed E-state index contributed by atoms with van der Waals surface area (Å²) in [6.07, 6.45) is 14.7. The maximum atomic E-state index is 12.0. The van der Waals surface area contributed by atoms with Gasteiger partial charge in [0.1, 0.15) is 0 Å². The molecule has 0 aromatic heterocycles. The lowest BCUT2D eigenvalue weighted by molar-refractivity contribution is -0.150. The van der Waals surface area contributed by atoms with Crippen LogP contribution in [0.25, 0.3) is 0 Å². The van der Waals surface area contributed by atoms with Gasteiger partial charge in [0.25, 0.3) is 0 Å². The second-order valence-electron chi connectivity index (χ2n) is 9.26. The first-order valence-electron chi connectivity index (χ1n) is 11.8. The molecule has 164 valence electrons. The molecule has 29 heavy (non-hydrogen) atoms. The van der Waals surface area contributed by atoms with Crippen molar-refractivity contribution in [3.05, 3.63) is 0 Å². The molecule has 0 N–H and O–H groups in total. The molecule has 2 aliphatic carbocycles. The molecule has 6 nitrogen and oxygen atoms in total. The molecule has 0 aromatic carbocycles. The van der Waals surface area contributed by atoms with Crippen LogP contribution in [0, 0.1) is 11.8 Å². The van der Waals surface area contributed by atoms with Crippen LogP contribution in [0.1, 0.15) is 83.5 Å². The highest BCUT2D eigenvalue weighted by atomic mass is 16.6. The number of hydrogen-bond acceptors (Lipinski definition) is 6. The highest BCUT2D eigenvalue weighted by molar-refractivity contribution is 5.73. The minimum atomic E-state index is -0.0220. The molecule has 6 atom stereocenters. The standard InChI is InChI=1S/C23H36O6/c24-22(16-8-10-18-20(14-16)28-18)26-12-6-4-2-1-3-5-7-13-27-23(25)17-9-11-19-21(15-17)29-19/h16-21H,1-15H2. The van der Waals surface area contributed by atoms with Gasteiger partial charge < -0.3 is 18.9 Å². The van der Waals surface area contributed by atoms with Gasteiger partial charge in [0.05, 0.1) is 49.5 Å². The summed E-state index contributed by atoms with van der Waals surface area (Å²) in [4.78, 5) is 24.1. The quantitative estimate of drug-likeness (QED) is 0.277. The van der Waals surface area contributed by atoms with Gasteiger partial charge in [0, 0.05) is 0 Å². The van der Waals surface area contributed by atoms with Gasteiger partial charge in [-0.2, -0.15) is 0 Å². The van der Waals surface area contributed by atoms with Crippen LogP contribution < -0.4 is 0 Å². The summed E-state index contributed by atoms with van der Waals surface area (Å²) in [6.45, 7) is 1.10. The number of rotatable bonds is 12. The molecule has 4 fully saturated rings. The molecule has 4 rings (SSSR count). The van der Waals surface area contributed by atoms with Gasteiger partial charge in [-0.1, -0.05) is 32.1 Å². The molecular weight excluding hydrogens is 372 g/mol. The van der Waals surface area contributed by atoms with Crippen molar-refractivity contribution in [1.82, 2.24) is 0 Å². The molecule has 6 unspecified atom stereocenters. The predicted octanol–water partition coefficient (Wildman–Crippen LogP) is 3.94. The zero-order valence-electron chi connectivity index (χ0n) is 17.5. The predicted molar refractivity (Wildman–Crippen MR) is 106 cm³/mol. The van der Waals surface area contributed by atoms with E-state index in [1.54, 1.807) is 0 Å². The number of esters is 2. The fourth-order valence-corrected chi connectivity index (χ4v) is 4.91. The van der Waals surface area contributed by atoms with Gasteiger partial charge in [-0.3, -0.25) is 9.59 Å². The summed E-state index contributed by atoms with van der Waals surface area (Å²) in [6, 6.07) is 0. The third kappa shape index (κ3) is 6.42. The number of fused-ring (bicyclic) bond motifs is 2. The first kappa shape index (κ1) is 21.1. The maximum Gasteiger partial charge on any atom is 0.309 e. The minimum Gasteiger partial charge on any atom is -0.465 e. The maximum absolute atomic E-state index is 12.0. The molecule has 0 aromatic rings. The van der Waals surface area contributed by atoms with Crippen LogP contribution in [0.15, 0.2) is 0 Å². The van der Waals surface area contributed by atoms with Crippen molar-refractivity contribution in [2.75, 3.05) is 13.2 Å². The minimum absolute atomic E-state index is 0.0220. The third-order valence-corrected chi connectivity index (χ3v) is 6.95. The van der Waals surface area contributed by atoms with Crippen LogP contribution in [-0.4, -0.2) is 49.6 Å². The molecule has 2 saturated heterocycles. The fraction of sp³-hybridized carbons (Fsp3) is 0.913. The molecular formula is C23H36O6. The van der Waals surface area contributed by atoms with Gasteiger partial charge in [-0.15, -0.1) is 0 Å². The SMILES string of the molecule is O=C(OCCCCCCCCCOC(=O)C1CCC2OC2C1)C1CCC2OC2C1. The van der Waals surface area contributed by atoms with E-state index in [9.17, 15) is 9.59 Å². The lowest BCUT2D eigenvalue weighted by Crippen LogP contribution is -2.24. The van der Waals surface area contributed by atoms with E-state index in [0.717, 1.165) is 64.2 Å². The molecule has 2 aliphatic heterocycles. The van der Waals surface area contributed by atoms with Crippen molar-refractivity contribution < 1.29 is 28.5 Å². The fourth-order valence-electron chi connectivity index (χ4n) is 4.91. The third-order valence-electron chi connectivity index (χ3n) is 6.95. The van der Waals surface area contributed by atoms with Crippen LogP contribution in [0.3, 0.4) is 0 Å². The molecule has 2 saturated carbocycles. The van der Waals surface area contributed by atoms with E-state index in [0.29, 0.717) is 37.6 Å². The van der Waals surface area contributed by atoms with E-state index in [1.807, 2.05) is 0 Å². The Morgan fingerprint density at radius 2 is 1.00 bits per heavy atom. The second kappa shape index (κ2) is 10.3. The summed E-state index contributed by atoms with van der Waals surface area (Å²) in [7, 11) is 0. The van der Waals surface area contributed by atoms with Crippen molar-refractivity contribution >= 4 is 11.9 Å². The van der Waals surface area contributed by atoms with E-state index in [4.69, 9.17) is 18.9 Å². The summed E-state index contributed by atoms with van der Waals surface area (Å²) in [5, 5.41) is 0. The highest BCUT2D eigenvalue weighted by Gasteiger charge is 2.46. The van der Waals surface area contributed by atoms with Crippen LogP contribution in [-0.2, 0) is 28.5 Å². The van der Waals surface area contributed by atoms with Crippen LogP contribution >= 0.6 is 0 Å². The van der Waals surface area contributed by atoms with Crippen LogP contribution in [0.4, 0.5) is 0 Å². The molecule has 4 aliphatic rings. The largest absolute Gasteiger partial charge is 0.465 e. The Labute approximate surface area is 174 Å². The molecule has 0 bridgehead atoms. The Morgan fingerprint density at radius 3 is 1.41 bits per heavy atom. The van der Waals surface area contributed by atoms with E-state index in [1.165, 1.54) is 19.3 Å². The first-order valence-corrected chi connectivity index (χ1v) is 11.8. The van der Waals surface area contributed by atoms with Gasteiger partial charge in [0.15, 0.2) is 0 Å². The van der Waals surface area contributed by atoms with Crippen molar-refractivity contribution in [2.45, 2.75) is 108 Å². The van der Waals surface area contributed by atoms with Gasteiger partial charge >= 0.3 is 11.9 Å². The zero-order valence-corrected chi connectivity index (χ0v) is 17.5. The van der Waals surface area contributed by atoms with Crippen molar-refractivity contribution in [1.29, 1.82) is 0 Å². The van der Waals surface area contributed by atoms with Crippen molar-refractivity contribution in [2.24, 2.45) is 11.8 Å². The normalized spacial score (nSPS) is 34.6. The Hall–Kier alpha value is -1.14. The number of carbonyl (C=O) groups is 2. The topological polar surface area (TPSA) is 77.7 Å². The van der Waals surface area contributed by atoms with Crippen molar-refractivity contribution in [3.8, 4) is 0 Å². The summed E-state index contributed by atoms with van der Waals surface area (Å²) < 4.78 is 21.8. The molecule has 0 radical (unpaired) electrons. The second-order valence-corrected chi connectivity index (χ2v) is 9.26. The Morgan fingerprint density at radius 1 is 0.586 bits per heavy atom. The van der Waals surface area contributed by atoms with E-state index >= 15 is 0 Å². The molecule has 0 amide bonds. The molecule has 6 heteroatoms. The molecule has 0 spiro atoms. The Kier molecular flexibility index (Phi) is 7.46. The number of hydrogen-bond donors (Lipinski definition) is 0. The number of ether oxygens (including phenoxy) is 4. The lowest BCUT2D eigenvalue weighted by atomic mass is 9.89. The summed E-state index contributed by atoms with van der Waals surface area (Å²) in [5.74, 6) is 0.0761. The number of unbranched alkanes of at least 4 members (excludes halogenated alkanes) is 6. The van der Waals surface area contributed by atoms with Gasteiger partial charge in [0.2, 0.25) is 0 Å². The molecule has 2 heterocycles. The first-order chi connectivity index (χ1) is 14.2. The van der Waals surface area contributed by atoms with Crippen LogP contribution in [0.5, 0.6) is 0 Å².